The number of hydrogen-bond donors (Lipinski definition) is 5. The monoisotopic (exact) mass is 887 g/mol. The van der Waals surface area contributed by atoms with E-state index >= 15 is 0 Å². The van der Waals surface area contributed by atoms with Gasteiger partial charge < -0.3 is 16.0 Å². The second-order valence-electron chi connectivity index (χ2n) is 20.0. The number of amides is 3. The molecular formula is C36H65N5O12S4. The summed E-state index contributed by atoms with van der Waals surface area (Å²) < 4.78 is 71.9. The summed E-state index contributed by atoms with van der Waals surface area (Å²) in [6.45, 7) is 28.5. The molecule has 0 aromatic heterocycles. The van der Waals surface area contributed by atoms with Gasteiger partial charge in [-0.25, -0.2) is 30.5 Å². The molecule has 5 aliphatic heterocycles. The Kier molecular flexibility index (Phi) is 17.4. The van der Waals surface area contributed by atoms with E-state index in [9.17, 15) is 54.0 Å². The number of ketones is 3. The molecule has 5 N–H and O–H groups in total. The Morgan fingerprint density at radius 3 is 1.18 bits per heavy atom. The van der Waals surface area contributed by atoms with Gasteiger partial charge in [-0.05, 0) is 27.1 Å². The molecule has 7 unspecified atom stereocenters. The Balaban J connectivity index is 0.000000356. The van der Waals surface area contributed by atoms with Crippen LogP contribution in [-0.2, 0) is 70.4 Å². The Hall–Kier alpha value is -2.46. The molecule has 0 bridgehead atoms. The van der Waals surface area contributed by atoms with Crippen LogP contribution in [0.4, 0.5) is 0 Å². The third-order valence-electron chi connectivity index (χ3n) is 8.74. The number of carbonyl (C=O) groups excluding carboxylic acids is 6. The molecule has 5 rings (SSSR count). The van der Waals surface area contributed by atoms with Crippen molar-refractivity contribution in [1.82, 2.24) is 25.4 Å². The lowest BCUT2D eigenvalue weighted by Gasteiger charge is -2.25. The molecular weight excluding hydrogens is 823 g/mol. The van der Waals surface area contributed by atoms with Crippen molar-refractivity contribution in [3.05, 3.63) is 0 Å². The van der Waals surface area contributed by atoms with Crippen LogP contribution in [0.25, 0.3) is 0 Å². The molecule has 5 saturated heterocycles. The van der Waals surface area contributed by atoms with E-state index in [-0.39, 0.29) is 97.7 Å². The molecule has 0 saturated carbocycles. The van der Waals surface area contributed by atoms with Gasteiger partial charge in [0.05, 0.1) is 52.1 Å². The number of Topliss-reactive ketones (excluding diaryl/α,β-unsaturated/α-hetero) is 3. The van der Waals surface area contributed by atoms with E-state index in [1.165, 1.54) is 0 Å². The van der Waals surface area contributed by atoms with Crippen LogP contribution in [0.3, 0.4) is 0 Å². The lowest BCUT2D eigenvalue weighted by molar-refractivity contribution is -0.123. The van der Waals surface area contributed by atoms with Crippen molar-refractivity contribution in [2.75, 3.05) is 23.0 Å². The zero-order chi connectivity index (χ0) is 45.1. The number of rotatable bonds is 0. The fourth-order valence-electron chi connectivity index (χ4n) is 5.96. The molecule has 0 aromatic carbocycles. The van der Waals surface area contributed by atoms with Crippen molar-refractivity contribution in [2.24, 2.45) is 27.1 Å². The summed E-state index contributed by atoms with van der Waals surface area (Å²) in [5.74, 6) is -1.18. The van der Waals surface area contributed by atoms with E-state index in [4.69, 9.17) is 0 Å². The van der Waals surface area contributed by atoms with E-state index in [0.717, 1.165) is 0 Å². The van der Waals surface area contributed by atoms with Crippen molar-refractivity contribution in [3.63, 3.8) is 0 Å². The molecule has 330 valence electrons. The first-order chi connectivity index (χ1) is 25.2. The van der Waals surface area contributed by atoms with Crippen molar-refractivity contribution in [3.8, 4) is 0 Å². The van der Waals surface area contributed by atoms with Gasteiger partial charge in [0.15, 0.2) is 27.2 Å². The lowest BCUT2D eigenvalue weighted by atomic mass is 9.85. The standard InChI is InChI=1S/C8H13NO2.2C7H13NO3S.2C7H13NO2S/c1-8(2,3)7-5(10)4-6(11)9-7;1-7(2,3)6-8-5(9)4-12(6,10)11;1-7(2,3)6-5(9)4-12(10,11)8-6;1-7(2,3)6-8-5(9)4-11(6)10;1-7(2,3)6-5(9)4-11(10)8-6/h7H,4H2,1-3H3,(H,9,11);6H,4H2,1-3H3,(H,8,9);6,8H,4H2,1-3H3;6H,4H2,1-3H3,(H,8,9);6,8H,4H2,1-3H3. The number of hydrogen-bond acceptors (Lipinski definition) is 12. The summed E-state index contributed by atoms with van der Waals surface area (Å²) in [6.07, 6.45) is 0.0575. The summed E-state index contributed by atoms with van der Waals surface area (Å²) in [5.41, 5.74) is -1.13. The minimum Gasteiger partial charge on any atom is -0.345 e. The van der Waals surface area contributed by atoms with E-state index in [1.54, 1.807) is 20.8 Å². The predicted molar refractivity (Wildman–Crippen MR) is 220 cm³/mol. The van der Waals surface area contributed by atoms with E-state index in [1.807, 2.05) is 83.1 Å². The van der Waals surface area contributed by atoms with Crippen LogP contribution in [0.1, 0.15) is 110 Å². The molecule has 5 fully saturated rings. The molecule has 17 nitrogen and oxygen atoms in total. The highest BCUT2D eigenvalue weighted by Crippen LogP contribution is 2.28. The molecule has 7 atom stereocenters. The molecule has 0 spiro atoms. The van der Waals surface area contributed by atoms with Gasteiger partial charge in [-0.2, -0.15) is 0 Å². The average molecular weight is 888 g/mol. The maximum absolute atomic E-state index is 11.3. The van der Waals surface area contributed by atoms with Gasteiger partial charge in [0.25, 0.3) is 0 Å². The largest absolute Gasteiger partial charge is 0.345 e. The van der Waals surface area contributed by atoms with Crippen molar-refractivity contribution < 1.29 is 54.0 Å². The zero-order valence-electron chi connectivity index (χ0n) is 36.0. The molecule has 21 heteroatoms. The Morgan fingerprint density at radius 1 is 0.509 bits per heavy atom. The van der Waals surface area contributed by atoms with Gasteiger partial charge in [0.1, 0.15) is 28.0 Å². The molecule has 0 aromatic rings. The van der Waals surface area contributed by atoms with E-state index in [0.29, 0.717) is 0 Å². The molecule has 0 radical (unpaired) electrons. The first-order valence-corrected chi connectivity index (χ1v) is 24.5. The van der Waals surface area contributed by atoms with Crippen LogP contribution in [0.2, 0.25) is 0 Å². The maximum atomic E-state index is 11.3. The average Bonchev–Trinajstić information content (AvgIpc) is 3.74. The highest BCUT2D eigenvalue weighted by Gasteiger charge is 2.44. The summed E-state index contributed by atoms with van der Waals surface area (Å²) >= 11 is 0. The quantitative estimate of drug-likeness (QED) is 0.211. The van der Waals surface area contributed by atoms with Crippen LogP contribution >= 0.6 is 0 Å². The van der Waals surface area contributed by atoms with Gasteiger partial charge in [-0.1, -0.05) is 104 Å². The van der Waals surface area contributed by atoms with Gasteiger partial charge in [0, 0.05) is 0 Å². The predicted octanol–water partition coefficient (Wildman–Crippen LogP) is 0.771. The molecule has 3 amide bonds. The second kappa shape index (κ2) is 18.9. The molecule has 5 aliphatic rings. The topological polar surface area (TPSA) is 265 Å². The van der Waals surface area contributed by atoms with Crippen LogP contribution in [0.5, 0.6) is 0 Å². The maximum Gasteiger partial charge on any atom is 0.236 e. The Labute approximate surface area is 343 Å². The first-order valence-electron chi connectivity index (χ1n) is 18.4. The number of nitrogens with one attached hydrogen (secondary N) is 5. The lowest BCUT2D eigenvalue weighted by Crippen LogP contribution is -2.40. The fourth-order valence-corrected chi connectivity index (χ4v) is 12.2. The summed E-state index contributed by atoms with van der Waals surface area (Å²) in [7, 11) is -8.73. The summed E-state index contributed by atoms with van der Waals surface area (Å²) in [5, 5.41) is 6.92. The number of sulfone groups is 1. The van der Waals surface area contributed by atoms with E-state index < -0.39 is 64.4 Å². The van der Waals surface area contributed by atoms with Gasteiger partial charge in [0.2, 0.25) is 27.7 Å². The molecule has 0 aliphatic carbocycles. The van der Waals surface area contributed by atoms with Crippen LogP contribution in [0.15, 0.2) is 0 Å². The minimum absolute atomic E-state index is 0.0162. The van der Waals surface area contributed by atoms with Gasteiger partial charge >= 0.3 is 0 Å². The number of carbonyl (C=O) groups is 6. The molecule has 5 heterocycles. The number of sulfonamides is 1. The normalized spacial score (nSPS) is 29.6. The van der Waals surface area contributed by atoms with Crippen LogP contribution in [0, 0.1) is 27.1 Å². The highest BCUT2D eigenvalue weighted by molar-refractivity contribution is 7.93. The summed E-state index contributed by atoms with van der Waals surface area (Å²) in [6, 6.07) is -1.07. The zero-order valence-corrected chi connectivity index (χ0v) is 39.2. The Morgan fingerprint density at radius 2 is 1.00 bits per heavy atom. The van der Waals surface area contributed by atoms with Crippen LogP contribution in [-0.4, -0.2) is 112 Å². The highest BCUT2D eigenvalue weighted by atomic mass is 32.2. The van der Waals surface area contributed by atoms with Crippen molar-refractivity contribution >= 4 is 76.7 Å². The summed E-state index contributed by atoms with van der Waals surface area (Å²) in [4.78, 5) is 65.9. The first kappa shape index (κ1) is 52.6. The molecule has 57 heavy (non-hydrogen) atoms. The van der Waals surface area contributed by atoms with E-state index in [2.05, 4.69) is 25.4 Å². The van der Waals surface area contributed by atoms with Crippen molar-refractivity contribution in [2.45, 2.75) is 139 Å². The Bertz CT molecular complexity index is 1720. The SMILES string of the molecule is CC(C)(C)C1NC(=O)CC1=O.CC(C)(C)C1NC(=O)CS1(=O)=O.CC(C)(C)C1NC(=O)CS1=O.CC(C)(C)C1NS(=O)(=O)CC1=O.CC(C)(C)C1NS(=O)CC1=O. The third-order valence-corrected chi connectivity index (χ3v) is 15.2. The fraction of sp³-hybridized carbons (Fsp3) is 0.833. The second-order valence-corrected chi connectivity index (χ2v) is 26.6. The van der Waals surface area contributed by atoms with Crippen LogP contribution < -0.4 is 25.4 Å². The van der Waals surface area contributed by atoms with Gasteiger partial charge in [-0.15, -0.1) is 0 Å². The third kappa shape index (κ3) is 16.6. The van der Waals surface area contributed by atoms with Crippen molar-refractivity contribution in [1.29, 1.82) is 0 Å². The van der Waals surface area contributed by atoms with Gasteiger partial charge in [-0.3, -0.25) is 33.0 Å². The minimum atomic E-state index is -3.33. The smallest absolute Gasteiger partial charge is 0.236 e.